The molecule has 0 radical (unpaired) electrons. The van der Waals surface area contributed by atoms with Gasteiger partial charge in [0.05, 0.1) is 13.7 Å². The van der Waals surface area contributed by atoms with E-state index in [1.54, 1.807) is 38.1 Å². The fourth-order valence-corrected chi connectivity index (χ4v) is 2.76. The largest absolute Gasteiger partial charge is 0.497 e. The van der Waals surface area contributed by atoms with Gasteiger partial charge in [-0.15, -0.1) is 0 Å². The van der Waals surface area contributed by atoms with Gasteiger partial charge in [-0.1, -0.05) is 6.07 Å². The van der Waals surface area contributed by atoms with Crippen LogP contribution in [0.5, 0.6) is 5.75 Å². The van der Waals surface area contributed by atoms with Crippen LogP contribution in [0.3, 0.4) is 0 Å². The second kappa shape index (κ2) is 7.95. The molecule has 0 saturated heterocycles. The van der Waals surface area contributed by atoms with Crippen molar-refractivity contribution in [2.75, 3.05) is 19.0 Å². The van der Waals surface area contributed by atoms with Crippen molar-refractivity contribution in [3.63, 3.8) is 0 Å². The Morgan fingerprint density at radius 1 is 1.32 bits per heavy atom. The number of nitrogens with zero attached hydrogens (tertiary/aromatic N) is 2. The molecule has 9 heteroatoms. The van der Waals surface area contributed by atoms with Crippen LogP contribution >= 0.6 is 0 Å². The molecular formula is C19H19N3O6. The van der Waals surface area contributed by atoms with Crippen LogP contribution in [0.4, 0.5) is 5.69 Å². The van der Waals surface area contributed by atoms with Gasteiger partial charge in [-0.3, -0.25) is 14.2 Å². The van der Waals surface area contributed by atoms with E-state index in [-0.39, 0.29) is 35.6 Å². The fraction of sp³-hybridized carbons (Fsp3) is 0.263. The predicted molar refractivity (Wildman–Crippen MR) is 101 cm³/mol. The van der Waals surface area contributed by atoms with Crippen molar-refractivity contribution in [2.45, 2.75) is 20.4 Å². The Hall–Kier alpha value is -3.62. The summed E-state index contributed by atoms with van der Waals surface area (Å²) in [6, 6.07) is 6.83. The summed E-state index contributed by atoms with van der Waals surface area (Å²) in [6.45, 7) is 3.08. The highest BCUT2D eigenvalue weighted by molar-refractivity contribution is 6.03. The third kappa shape index (κ3) is 3.73. The number of fused-ring (bicyclic) bond motifs is 1. The lowest BCUT2D eigenvalue weighted by Crippen LogP contribution is -2.28. The number of furan rings is 1. The van der Waals surface area contributed by atoms with Crippen LogP contribution in [-0.2, 0) is 16.1 Å². The molecule has 3 aromatic rings. The molecule has 0 fully saturated rings. The second-order valence-electron chi connectivity index (χ2n) is 5.89. The highest BCUT2D eigenvalue weighted by atomic mass is 16.5. The number of hydrogen-bond acceptors (Lipinski definition) is 7. The number of amides is 1. The lowest BCUT2D eigenvalue weighted by molar-refractivity contribution is -0.116. The molecule has 9 nitrogen and oxygen atoms in total. The number of ether oxygens (including phenoxy) is 2. The molecule has 0 atom stereocenters. The summed E-state index contributed by atoms with van der Waals surface area (Å²) in [6.07, 6.45) is 1.20. The number of rotatable bonds is 6. The van der Waals surface area contributed by atoms with Crippen molar-refractivity contribution in [3.8, 4) is 5.75 Å². The first-order valence-corrected chi connectivity index (χ1v) is 8.54. The maximum absolute atomic E-state index is 12.8. The number of carbonyl (C=O) groups excluding carboxylic acids is 2. The third-order valence-corrected chi connectivity index (χ3v) is 4.00. The van der Waals surface area contributed by atoms with Crippen LogP contribution in [-0.4, -0.2) is 35.1 Å². The van der Waals surface area contributed by atoms with Crippen LogP contribution < -0.4 is 15.6 Å². The first kappa shape index (κ1) is 19.2. The van der Waals surface area contributed by atoms with Gasteiger partial charge in [0, 0.05) is 11.8 Å². The second-order valence-corrected chi connectivity index (χ2v) is 5.89. The van der Waals surface area contributed by atoms with Gasteiger partial charge in [0.25, 0.3) is 5.56 Å². The van der Waals surface area contributed by atoms with Gasteiger partial charge in [-0.05, 0) is 26.0 Å². The predicted octanol–water partition coefficient (Wildman–Crippen LogP) is 2.12. The van der Waals surface area contributed by atoms with Crippen molar-refractivity contribution in [2.24, 2.45) is 0 Å². The molecule has 0 aliphatic carbocycles. The van der Waals surface area contributed by atoms with E-state index in [9.17, 15) is 14.4 Å². The molecule has 1 amide bonds. The van der Waals surface area contributed by atoms with E-state index in [1.165, 1.54) is 13.4 Å². The monoisotopic (exact) mass is 385 g/mol. The summed E-state index contributed by atoms with van der Waals surface area (Å²) in [5.41, 5.74) is 0.00964. The normalized spacial score (nSPS) is 10.7. The standard InChI is InChI=1S/C19H19N3O6/c1-4-27-19(25)15-11(2)28-17-16(15)18(24)22(10-20-17)9-14(23)21-12-6-5-7-13(8-12)26-3/h5-8,10H,4,9H2,1-3H3,(H,21,23). The molecule has 3 rings (SSSR count). The van der Waals surface area contributed by atoms with Crippen LogP contribution in [0.25, 0.3) is 11.1 Å². The molecule has 1 aromatic carbocycles. The Bertz CT molecular complexity index is 1100. The van der Waals surface area contributed by atoms with Crippen LogP contribution in [0, 0.1) is 6.92 Å². The fourth-order valence-electron chi connectivity index (χ4n) is 2.76. The molecule has 146 valence electrons. The van der Waals surface area contributed by atoms with Crippen LogP contribution in [0.15, 0.2) is 39.8 Å². The average Bonchev–Trinajstić information content (AvgIpc) is 3.01. The maximum atomic E-state index is 12.8. The lowest BCUT2D eigenvalue weighted by Gasteiger charge is -2.08. The van der Waals surface area contributed by atoms with Gasteiger partial charge in [0.15, 0.2) is 0 Å². The zero-order valence-electron chi connectivity index (χ0n) is 15.6. The Labute approximate surface area is 159 Å². The summed E-state index contributed by atoms with van der Waals surface area (Å²) in [7, 11) is 1.52. The van der Waals surface area contributed by atoms with Gasteiger partial charge in [-0.2, -0.15) is 0 Å². The Kier molecular flexibility index (Phi) is 5.44. The minimum absolute atomic E-state index is 0.00682. The summed E-state index contributed by atoms with van der Waals surface area (Å²) in [4.78, 5) is 41.4. The van der Waals surface area contributed by atoms with Gasteiger partial charge in [0.2, 0.25) is 11.6 Å². The minimum atomic E-state index is -0.670. The van der Waals surface area contributed by atoms with Crippen molar-refractivity contribution >= 4 is 28.7 Å². The molecule has 1 N–H and O–H groups in total. The molecule has 0 bridgehead atoms. The highest BCUT2D eigenvalue weighted by Gasteiger charge is 2.24. The van der Waals surface area contributed by atoms with Gasteiger partial charge >= 0.3 is 5.97 Å². The van der Waals surface area contributed by atoms with Crippen molar-refractivity contribution < 1.29 is 23.5 Å². The Morgan fingerprint density at radius 2 is 2.11 bits per heavy atom. The quantitative estimate of drug-likeness (QED) is 0.647. The average molecular weight is 385 g/mol. The van der Waals surface area contributed by atoms with E-state index in [4.69, 9.17) is 13.9 Å². The zero-order valence-corrected chi connectivity index (χ0v) is 15.6. The number of esters is 1. The molecule has 0 aliphatic rings. The molecule has 0 saturated carbocycles. The lowest BCUT2D eigenvalue weighted by atomic mass is 10.2. The van der Waals surface area contributed by atoms with E-state index in [0.29, 0.717) is 11.4 Å². The van der Waals surface area contributed by atoms with Gasteiger partial charge in [-0.25, -0.2) is 9.78 Å². The third-order valence-electron chi connectivity index (χ3n) is 4.00. The van der Waals surface area contributed by atoms with Gasteiger partial charge in [0.1, 0.15) is 35.3 Å². The Balaban J connectivity index is 1.90. The van der Waals surface area contributed by atoms with Crippen molar-refractivity contribution in [3.05, 3.63) is 52.3 Å². The molecule has 2 heterocycles. The van der Waals surface area contributed by atoms with E-state index < -0.39 is 17.4 Å². The molecular weight excluding hydrogens is 366 g/mol. The number of aromatic nitrogens is 2. The summed E-state index contributed by atoms with van der Waals surface area (Å²) < 4.78 is 16.6. The summed E-state index contributed by atoms with van der Waals surface area (Å²) in [5, 5.41) is 2.67. The highest BCUT2D eigenvalue weighted by Crippen LogP contribution is 2.22. The molecule has 0 aliphatic heterocycles. The number of methoxy groups -OCH3 is 1. The number of nitrogens with one attached hydrogen (secondary N) is 1. The van der Waals surface area contributed by atoms with E-state index in [0.717, 1.165) is 4.57 Å². The van der Waals surface area contributed by atoms with Crippen molar-refractivity contribution in [1.82, 2.24) is 9.55 Å². The van der Waals surface area contributed by atoms with Crippen LogP contribution in [0.2, 0.25) is 0 Å². The number of aryl methyl sites for hydroxylation is 1. The first-order chi connectivity index (χ1) is 13.4. The van der Waals surface area contributed by atoms with Crippen LogP contribution in [0.1, 0.15) is 23.0 Å². The zero-order chi connectivity index (χ0) is 20.3. The number of benzene rings is 1. The van der Waals surface area contributed by atoms with Crippen molar-refractivity contribution in [1.29, 1.82) is 0 Å². The molecule has 0 spiro atoms. The topological polar surface area (TPSA) is 113 Å². The smallest absolute Gasteiger partial charge is 0.342 e. The first-order valence-electron chi connectivity index (χ1n) is 8.54. The summed E-state index contributed by atoms with van der Waals surface area (Å²) >= 11 is 0. The van der Waals surface area contributed by atoms with E-state index in [2.05, 4.69) is 10.3 Å². The van der Waals surface area contributed by atoms with E-state index >= 15 is 0 Å². The molecule has 0 unspecified atom stereocenters. The SMILES string of the molecule is CCOC(=O)c1c(C)oc2ncn(CC(=O)Nc3cccc(OC)c3)c(=O)c12. The summed E-state index contributed by atoms with van der Waals surface area (Å²) in [5.74, 6) is -0.284. The minimum Gasteiger partial charge on any atom is -0.497 e. The number of anilines is 1. The Morgan fingerprint density at radius 3 is 2.82 bits per heavy atom. The van der Waals surface area contributed by atoms with E-state index in [1.807, 2.05) is 0 Å². The molecule has 2 aromatic heterocycles. The number of hydrogen-bond donors (Lipinski definition) is 1. The molecule has 28 heavy (non-hydrogen) atoms. The number of carbonyl (C=O) groups is 2. The maximum Gasteiger partial charge on any atom is 0.342 e. The van der Waals surface area contributed by atoms with Gasteiger partial charge < -0.3 is 19.2 Å².